The van der Waals surface area contributed by atoms with E-state index in [1.54, 1.807) is 0 Å². The fourth-order valence-electron chi connectivity index (χ4n) is 1.63. The maximum Gasteiger partial charge on any atom is 0.188 e. The van der Waals surface area contributed by atoms with E-state index in [2.05, 4.69) is 62.3 Å². The van der Waals surface area contributed by atoms with Crippen molar-refractivity contribution in [2.24, 2.45) is 16.6 Å². The summed E-state index contributed by atoms with van der Waals surface area (Å²) in [5.41, 5.74) is 7.13. The van der Waals surface area contributed by atoms with E-state index in [0.717, 1.165) is 6.54 Å². The smallest absolute Gasteiger partial charge is 0.188 e. The van der Waals surface area contributed by atoms with Gasteiger partial charge in [0, 0.05) is 12.0 Å². The first-order chi connectivity index (χ1) is 8.42. The zero-order chi connectivity index (χ0) is 13.6. The van der Waals surface area contributed by atoms with Crippen LogP contribution in [-0.2, 0) is 5.41 Å². The zero-order valence-corrected chi connectivity index (χ0v) is 11.9. The molecule has 0 aliphatic carbocycles. The van der Waals surface area contributed by atoms with Gasteiger partial charge in [-0.05, 0) is 11.5 Å². The number of hydrogen-bond donors (Lipinski definition) is 2. The fourth-order valence-corrected chi connectivity index (χ4v) is 1.63. The second-order valence-corrected chi connectivity index (χ2v) is 5.73. The van der Waals surface area contributed by atoms with Gasteiger partial charge in [-0.2, -0.15) is 0 Å². The van der Waals surface area contributed by atoms with Crippen LogP contribution in [0.15, 0.2) is 35.3 Å². The standard InChI is InChI=1S/C15H25N3/c1-12(2)10-17-14(16)18-11-15(3,4)13-8-6-5-7-9-13/h5-9,12H,10-11H2,1-4H3,(H3,16,17,18). The molecule has 0 saturated heterocycles. The molecular formula is C15H25N3. The second-order valence-electron chi connectivity index (χ2n) is 5.73. The quantitative estimate of drug-likeness (QED) is 0.620. The first kappa shape index (κ1) is 14.6. The largest absolute Gasteiger partial charge is 0.370 e. The molecule has 0 aliphatic heterocycles. The van der Waals surface area contributed by atoms with Crippen LogP contribution in [0.4, 0.5) is 0 Å². The molecule has 0 radical (unpaired) electrons. The molecule has 18 heavy (non-hydrogen) atoms. The minimum atomic E-state index is 0.00535. The van der Waals surface area contributed by atoms with E-state index in [4.69, 9.17) is 5.73 Å². The summed E-state index contributed by atoms with van der Waals surface area (Å²) in [5, 5.41) is 3.13. The van der Waals surface area contributed by atoms with Crippen molar-refractivity contribution < 1.29 is 0 Å². The van der Waals surface area contributed by atoms with Gasteiger partial charge in [-0.3, -0.25) is 4.99 Å². The van der Waals surface area contributed by atoms with Crippen LogP contribution in [0, 0.1) is 5.92 Å². The van der Waals surface area contributed by atoms with Crippen molar-refractivity contribution in [3.8, 4) is 0 Å². The molecule has 3 N–H and O–H groups in total. The lowest BCUT2D eigenvalue weighted by Gasteiger charge is -2.23. The molecule has 1 aromatic rings. The van der Waals surface area contributed by atoms with Gasteiger partial charge in [0.15, 0.2) is 5.96 Å². The molecule has 0 heterocycles. The molecule has 1 rings (SSSR count). The van der Waals surface area contributed by atoms with E-state index >= 15 is 0 Å². The number of nitrogens with one attached hydrogen (secondary N) is 1. The molecule has 0 fully saturated rings. The topological polar surface area (TPSA) is 50.4 Å². The number of hydrogen-bond acceptors (Lipinski definition) is 1. The maximum atomic E-state index is 5.85. The number of nitrogens with two attached hydrogens (primary N) is 1. The third-order valence-electron chi connectivity index (χ3n) is 2.89. The highest BCUT2D eigenvalue weighted by molar-refractivity contribution is 5.77. The summed E-state index contributed by atoms with van der Waals surface area (Å²) in [7, 11) is 0. The highest BCUT2D eigenvalue weighted by Crippen LogP contribution is 2.22. The lowest BCUT2D eigenvalue weighted by Crippen LogP contribution is -2.35. The van der Waals surface area contributed by atoms with E-state index < -0.39 is 0 Å². The Labute approximate surface area is 111 Å². The fraction of sp³-hybridized carbons (Fsp3) is 0.533. The van der Waals surface area contributed by atoms with Crippen molar-refractivity contribution in [1.82, 2.24) is 5.32 Å². The van der Waals surface area contributed by atoms with Crippen molar-refractivity contribution in [2.75, 3.05) is 13.1 Å². The first-order valence-corrected chi connectivity index (χ1v) is 6.51. The van der Waals surface area contributed by atoms with E-state index in [1.807, 2.05) is 6.07 Å². The van der Waals surface area contributed by atoms with Gasteiger partial charge >= 0.3 is 0 Å². The summed E-state index contributed by atoms with van der Waals surface area (Å²) in [6.45, 7) is 10.2. The van der Waals surface area contributed by atoms with Crippen molar-refractivity contribution in [2.45, 2.75) is 33.1 Å². The van der Waals surface area contributed by atoms with E-state index in [0.29, 0.717) is 18.4 Å². The highest BCUT2D eigenvalue weighted by atomic mass is 15.1. The van der Waals surface area contributed by atoms with Crippen LogP contribution in [0.1, 0.15) is 33.3 Å². The Kier molecular flexibility index (Phi) is 5.20. The number of rotatable bonds is 5. The van der Waals surface area contributed by atoms with E-state index in [1.165, 1.54) is 5.56 Å². The summed E-state index contributed by atoms with van der Waals surface area (Å²) in [4.78, 5) is 4.43. The Hall–Kier alpha value is -1.51. The first-order valence-electron chi connectivity index (χ1n) is 6.51. The molecule has 0 amide bonds. The van der Waals surface area contributed by atoms with E-state index in [9.17, 15) is 0 Å². The van der Waals surface area contributed by atoms with Gasteiger partial charge in [-0.1, -0.05) is 58.0 Å². The summed E-state index contributed by atoms with van der Waals surface area (Å²) in [5.74, 6) is 1.11. The molecule has 0 aliphatic rings. The normalized spacial score (nSPS) is 12.8. The van der Waals surface area contributed by atoms with Crippen LogP contribution >= 0.6 is 0 Å². The summed E-state index contributed by atoms with van der Waals surface area (Å²) in [6.07, 6.45) is 0. The van der Waals surface area contributed by atoms with Crippen LogP contribution < -0.4 is 11.1 Å². The third kappa shape index (κ3) is 4.78. The third-order valence-corrected chi connectivity index (χ3v) is 2.89. The summed E-state index contributed by atoms with van der Waals surface area (Å²) in [6, 6.07) is 10.4. The molecule has 0 bridgehead atoms. The van der Waals surface area contributed by atoms with Gasteiger partial charge in [0.1, 0.15) is 0 Å². The Morgan fingerprint density at radius 3 is 2.44 bits per heavy atom. The van der Waals surface area contributed by atoms with Gasteiger partial charge in [0.05, 0.1) is 6.54 Å². The second kappa shape index (κ2) is 6.43. The molecule has 0 saturated carbocycles. The van der Waals surface area contributed by atoms with Crippen LogP contribution in [0.3, 0.4) is 0 Å². The van der Waals surface area contributed by atoms with Gasteiger partial charge < -0.3 is 11.1 Å². The minimum absolute atomic E-state index is 0.00535. The Morgan fingerprint density at radius 2 is 1.89 bits per heavy atom. The van der Waals surface area contributed by atoms with Gasteiger partial charge in [0.25, 0.3) is 0 Å². The lowest BCUT2D eigenvalue weighted by atomic mass is 9.85. The Morgan fingerprint density at radius 1 is 1.28 bits per heavy atom. The molecule has 0 atom stereocenters. The SMILES string of the molecule is CC(C)CNC(N)=NCC(C)(C)c1ccccc1. The molecule has 0 aromatic heterocycles. The molecule has 3 nitrogen and oxygen atoms in total. The minimum Gasteiger partial charge on any atom is -0.370 e. The molecule has 0 unspecified atom stereocenters. The predicted octanol–water partition coefficient (Wildman–Crippen LogP) is 2.52. The van der Waals surface area contributed by atoms with Crippen LogP contribution in [0.5, 0.6) is 0 Å². The number of aliphatic imine (C=N–C) groups is 1. The molecule has 3 heteroatoms. The van der Waals surface area contributed by atoms with Crippen molar-refractivity contribution in [1.29, 1.82) is 0 Å². The van der Waals surface area contributed by atoms with Gasteiger partial charge in [0.2, 0.25) is 0 Å². The Bertz CT molecular complexity index is 380. The lowest BCUT2D eigenvalue weighted by molar-refractivity contribution is 0.537. The van der Waals surface area contributed by atoms with Crippen LogP contribution in [0.25, 0.3) is 0 Å². The summed E-state index contributed by atoms with van der Waals surface area (Å²) < 4.78 is 0. The number of benzene rings is 1. The number of guanidine groups is 1. The van der Waals surface area contributed by atoms with Crippen molar-refractivity contribution in [3.05, 3.63) is 35.9 Å². The Balaban J connectivity index is 2.58. The highest BCUT2D eigenvalue weighted by Gasteiger charge is 2.19. The average molecular weight is 247 g/mol. The van der Waals surface area contributed by atoms with Crippen molar-refractivity contribution >= 4 is 5.96 Å². The molecular weight excluding hydrogens is 222 g/mol. The maximum absolute atomic E-state index is 5.85. The molecule has 100 valence electrons. The van der Waals surface area contributed by atoms with Gasteiger partial charge in [-0.25, -0.2) is 0 Å². The van der Waals surface area contributed by atoms with E-state index in [-0.39, 0.29) is 5.41 Å². The monoisotopic (exact) mass is 247 g/mol. The molecule has 1 aromatic carbocycles. The average Bonchev–Trinajstić information content (AvgIpc) is 2.35. The predicted molar refractivity (Wildman–Crippen MR) is 78.8 cm³/mol. The van der Waals surface area contributed by atoms with Crippen LogP contribution in [0.2, 0.25) is 0 Å². The molecule has 0 spiro atoms. The van der Waals surface area contributed by atoms with Gasteiger partial charge in [-0.15, -0.1) is 0 Å². The van der Waals surface area contributed by atoms with Crippen LogP contribution in [-0.4, -0.2) is 19.0 Å². The van der Waals surface area contributed by atoms with Crippen molar-refractivity contribution in [3.63, 3.8) is 0 Å². The summed E-state index contributed by atoms with van der Waals surface area (Å²) >= 11 is 0. The number of nitrogens with zero attached hydrogens (tertiary/aromatic N) is 1. The zero-order valence-electron chi connectivity index (χ0n) is 11.9.